The van der Waals surface area contributed by atoms with Gasteiger partial charge in [0.1, 0.15) is 5.82 Å². The van der Waals surface area contributed by atoms with Gasteiger partial charge in [-0.1, -0.05) is 71.8 Å². The summed E-state index contributed by atoms with van der Waals surface area (Å²) in [7, 11) is 1.95. The minimum Gasteiger partial charge on any atom is -0.342 e. The molecule has 4 fully saturated rings. The normalized spacial score (nSPS) is 33.0. The van der Waals surface area contributed by atoms with E-state index in [2.05, 4.69) is 20.8 Å². The van der Waals surface area contributed by atoms with Gasteiger partial charge >= 0.3 is 6.18 Å². The van der Waals surface area contributed by atoms with Gasteiger partial charge < -0.3 is 9.80 Å². The van der Waals surface area contributed by atoms with Crippen LogP contribution >= 0.6 is 0 Å². The number of hydrogen-bond donors (Lipinski definition) is 0. The largest absolute Gasteiger partial charge is 0.417 e. The molecule has 2 amide bonds. The smallest absolute Gasteiger partial charge is 0.342 e. The van der Waals surface area contributed by atoms with Gasteiger partial charge in [0.2, 0.25) is 5.91 Å². The minimum absolute atomic E-state index is 0.0619. The zero-order chi connectivity index (χ0) is 32.6. The van der Waals surface area contributed by atoms with Crippen LogP contribution in [0.1, 0.15) is 139 Å². The predicted molar refractivity (Wildman–Crippen MR) is 169 cm³/mol. The van der Waals surface area contributed by atoms with E-state index in [0.717, 1.165) is 82.4 Å². The number of amides is 2. The number of nitrogens with zero attached hydrogens (tertiary/aromatic N) is 2. The third kappa shape index (κ3) is 6.42. The van der Waals surface area contributed by atoms with Crippen LogP contribution in [-0.2, 0) is 11.0 Å². The molecule has 0 aromatic heterocycles. The van der Waals surface area contributed by atoms with Gasteiger partial charge in [0.05, 0.1) is 11.1 Å². The first kappa shape index (κ1) is 34.2. The van der Waals surface area contributed by atoms with Crippen LogP contribution in [0.2, 0.25) is 0 Å². The van der Waals surface area contributed by atoms with Crippen molar-refractivity contribution in [2.75, 3.05) is 13.6 Å². The third-order valence-electron chi connectivity index (χ3n) is 12.9. The van der Waals surface area contributed by atoms with Gasteiger partial charge in [-0.3, -0.25) is 9.59 Å². The van der Waals surface area contributed by atoms with E-state index in [4.69, 9.17) is 0 Å². The molecule has 1 heterocycles. The molecule has 1 aromatic rings. The Balaban J connectivity index is 1.39. The number of carbonyl (C=O) groups excluding carboxylic acids is 2. The third-order valence-corrected chi connectivity index (χ3v) is 12.9. The Morgan fingerprint density at radius 3 is 2.27 bits per heavy atom. The number of rotatable bonds is 11. The van der Waals surface area contributed by atoms with E-state index in [1.54, 1.807) is 4.90 Å². The number of alkyl halides is 3. The van der Waals surface area contributed by atoms with Crippen molar-refractivity contribution in [3.8, 4) is 0 Å². The minimum atomic E-state index is -4.82. The maximum Gasteiger partial charge on any atom is 0.417 e. The topological polar surface area (TPSA) is 40.6 Å². The Labute approximate surface area is 267 Å². The Morgan fingerprint density at radius 2 is 1.58 bits per heavy atom. The molecule has 1 aliphatic heterocycles. The van der Waals surface area contributed by atoms with Crippen molar-refractivity contribution >= 4 is 11.8 Å². The molecular weight excluding hydrogens is 580 g/mol. The summed E-state index contributed by atoms with van der Waals surface area (Å²) in [6.45, 7) is 7.18. The second kappa shape index (κ2) is 13.5. The molecule has 0 N–H and O–H groups in total. The Kier molecular flexibility index (Phi) is 10.3. The maximum absolute atomic E-state index is 15.2. The van der Waals surface area contributed by atoms with E-state index in [0.29, 0.717) is 37.1 Å². The van der Waals surface area contributed by atoms with E-state index in [1.165, 1.54) is 25.7 Å². The van der Waals surface area contributed by atoms with Gasteiger partial charge in [-0.25, -0.2) is 4.39 Å². The molecule has 7 atom stereocenters. The zero-order valence-corrected chi connectivity index (χ0v) is 27.9. The van der Waals surface area contributed by atoms with Gasteiger partial charge in [-0.2, -0.15) is 13.2 Å². The van der Waals surface area contributed by atoms with Gasteiger partial charge in [0.25, 0.3) is 5.91 Å². The summed E-state index contributed by atoms with van der Waals surface area (Å²) < 4.78 is 57.5. The fourth-order valence-corrected chi connectivity index (χ4v) is 10.6. The molecule has 3 aliphatic carbocycles. The van der Waals surface area contributed by atoms with Crippen LogP contribution in [-0.4, -0.2) is 47.3 Å². The Bertz CT molecular complexity index is 1220. The molecule has 1 aromatic carbocycles. The molecule has 0 unspecified atom stereocenters. The second-order valence-electron chi connectivity index (χ2n) is 15.3. The highest BCUT2D eigenvalue weighted by molar-refractivity contribution is 5.96. The van der Waals surface area contributed by atoms with Gasteiger partial charge in [0, 0.05) is 32.1 Å². The predicted octanol–water partition coefficient (Wildman–Crippen LogP) is 9.66. The highest BCUT2D eigenvalue weighted by Gasteiger charge is 2.62. The molecule has 5 rings (SSSR count). The number of likely N-dealkylation sites (tertiary alicyclic amines) is 1. The lowest BCUT2D eigenvalue weighted by atomic mass is 9.47. The number of halogens is 4. The average Bonchev–Trinajstić information content (AvgIpc) is 3.34. The monoisotopic (exact) mass is 634 g/mol. The molecule has 8 heteroatoms. The maximum atomic E-state index is 15.2. The molecule has 0 bridgehead atoms. The van der Waals surface area contributed by atoms with Crippen LogP contribution in [0.4, 0.5) is 17.6 Å². The molecule has 0 radical (unpaired) electrons. The number of hydrogen-bond acceptors (Lipinski definition) is 2. The summed E-state index contributed by atoms with van der Waals surface area (Å²) in [5.74, 6) is -0.348. The van der Waals surface area contributed by atoms with E-state index in [9.17, 15) is 22.8 Å². The Hall–Kier alpha value is -2.12. The van der Waals surface area contributed by atoms with Crippen molar-refractivity contribution in [3.05, 3.63) is 35.1 Å². The molecule has 4 aliphatic rings. The van der Waals surface area contributed by atoms with Crippen molar-refractivity contribution in [1.82, 2.24) is 9.80 Å². The quantitative estimate of drug-likeness (QED) is 0.180. The number of piperidine rings is 1. The van der Waals surface area contributed by atoms with E-state index >= 15 is 4.39 Å². The lowest BCUT2D eigenvalue weighted by Crippen LogP contribution is -2.62. The summed E-state index contributed by atoms with van der Waals surface area (Å²) >= 11 is 0. The van der Waals surface area contributed by atoms with Crippen molar-refractivity contribution in [2.24, 2.45) is 28.6 Å². The molecule has 45 heavy (non-hydrogen) atoms. The fraction of sp³-hybridized carbons (Fsp3) is 0.784. The molecule has 1 saturated heterocycles. The van der Waals surface area contributed by atoms with Crippen molar-refractivity contribution < 1.29 is 27.2 Å². The second-order valence-corrected chi connectivity index (χ2v) is 15.3. The van der Waals surface area contributed by atoms with Gasteiger partial charge in [-0.05, 0) is 92.1 Å². The molecule has 252 valence electrons. The van der Waals surface area contributed by atoms with Crippen molar-refractivity contribution in [2.45, 2.75) is 142 Å². The highest BCUT2D eigenvalue weighted by Crippen LogP contribution is 2.65. The van der Waals surface area contributed by atoms with Crippen molar-refractivity contribution in [3.63, 3.8) is 0 Å². The van der Waals surface area contributed by atoms with Crippen LogP contribution in [0.5, 0.6) is 0 Å². The number of unbranched alkanes of at least 4 members (excludes halogenated alkanes) is 7. The number of fused-ring (bicyclic) bond motifs is 5. The first-order valence-electron chi connectivity index (χ1n) is 17.8. The molecule has 0 spiro atoms. The van der Waals surface area contributed by atoms with E-state index in [1.807, 2.05) is 11.9 Å². The molecular formula is C37H54F4N2O2. The van der Waals surface area contributed by atoms with Crippen LogP contribution in [0.3, 0.4) is 0 Å². The summed E-state index contributed by atoms with van der Waals surface area (Å²) in [6, 6.07) is 2.89. The molecule has 3 saturated carbocycles. The SMILES string of the molecule is CCCCCCCCCCN(C(=O)c1c(F)cccc1C(F)(F)F)[C@H]1CC[C@H]2[C@@H]3CC[C@H]4N(C)C(=O)CC[C@]4(C)[C@H]3CC[C@]12C. The summed E-state index contributed by atoms with van der Waals surface area (Å²) in [5, 5.41) is 0. The first-order chi connectivity index (χ1) is 21.3. The van der Waals surface area contributed by atoms with Crippen LogP contribution in [0, 0.1) is 34.4 Å². The molecule has 4 nitrogen and oxygen atoms in total. The average molecular weight is 635 g/mol. The standard InChI is InChI=1S/C37H54F4N2O2/c1-5-6-7-8-9-10-11-12-24-43(34(45)33-28(37(39,40)41)14-13-15-29(33)38)31-19-17-26-25-16-18-30-35(2,23-21-32(44)42(30)4)27(25)20-22-36(26,31)3/h13-15,25-27,30-31H,5-12,16-24H2,1-4H3/t25-,26-,27-,30+,31-,35+,36-/m0/s1. The summed E-state index contributed by atoms with van der Waals surface area (Å²) in [4.78, 5) is 30.4. The number of benzene rings is 1. The zero-order valence-electron chi connectivity index (χ0n) is 27.9. The van der Waals surface area contributed by atoms with E-state index in [-0.39, 0.29) is 28.8 Å². The highest BCUT2D eigenvalue weighted by atomic mass is 19.4. The summed E-state index contributed by atoms with van der Waals surface area (Å²) in [5.41, 5.74) is -2.18. The van der Waals surface area contributed by atoms with Crippen LogP contribution in [0.25, 0.3) is 0 Å². The van der Waals surface area contributed by atoms with E-state index < -0.39 is 29.0 Å². The Morgan fingerprint density at radius 1 is 0.911 bits per heavy atom. The van der Waals surface area contributed by atoms with Crippen molar-refractivity contribution in [1.29, 1.82) is 0 Å². The van der Waals surface area contributed by atoms with Gasteiger partial charge in [-0.15, -0.1) is 0 Å². The number of carbonyl (C=O) groups is 2. The first-order valence-corrected chi connectivity index (χ1v) is 17.8. The lowest BCUT2D eigenvalue weighted by molar-refractivity contribution is -0.158. The fourth-order valence-electron chi connectivity index (χ4n) is 10.6. The summed E-state index contributed by atoms with van der Waals surface area (Å²) in [6.07, 6.45) is 10.8. The lowest BCUT2D eigenvalue weighted by Gasteiger charge is -2.62. The van der Waals surface area contributed by atoms with Gasteiger partial charge in [0.15, 0.2) is 0 Å². The van der Waals surface area contributed by atoms with Crippen LogP contribution < -0.4 is 0 Å². The van der Waals surface area contributed by atoms with Crippen LogP contribution in [0.15, 0.2) is 18.2 Å².